The van der Waals surface area contributed by atoms with Crippen molar-refractivity contribution in [2.24, 2.45) is 0 Å². The Morgan fingerprint density at radius 3 is 2.58 bits per heavy atom. The molecule has 7 heteroatoms. The van der Waals surface area contributed by atoms with Crippen LogP contribution in [0.25, 0.3) is 6.08 Å². The van der Waals surface area contributed by atoms with E-state index in [2.05, 4.69) is 0 Å². The van der Waals surface area contributed by atoms with E-state index in [4.69, 9.17) is 23.4 Å². The van der Waals surface area contributed by atoms with E-state index < -0.39 is 0 Å². The van der Waals surface area contributed by atoms with Gasteiger partial charge in [0.05, 0.1) is 24.2 Å². The van der Waals surface area contributed by atoms with Gasteiger partial charge in [0.25, 0.3) is 0 Å². The Morgan fingerprint density at radius 2 is 1.74 bits per heavy atom. The van der Waals surface area contributed by atoms with Crippen molar-refractivity contribution < 1.29 is 33.0 Å². The molecule has 3 aliphatic rings. The summed E-state index contributed by atoms with van der Waals surface area (Å²) in [6.07, 6.45) is 3.33. The van der Waals surface area contributed by atoms with Crippen molar-refractivity contribution in [1.29, 1.82) is 0 Å². The molecule has 154 valence electrons. The summed E-state index contributed by atoms with van der Waals surface area (Å²) in [4.78, 5) is 25.2. The monoisotopic (exact) mass is 416 g/mol. The second-order valence-electron chi connectivity index (χ2n) is 7.44. The lowest BCUT2D eigenvalue weighted by molar-refractivity contribution is -0.135. The molecule has 0 spiro atoms. The molecule has 0 bridgehead atoms. The minimum atomic E-state index is -0.386. The first kappa shape index (κ1) is 17.8. The number of carbonyl (C=O) groups is 2. The first-order chi connectivity index (χ1) is 15.2. The molecule has 3 aliphatic heterocycles. The van der Waals surface area contributed by atoms with Crippen LogP contribution in [-0.4, -0.2) is 25.0 Å². The number of hydrogen-bond acceptors (Lipinski definition) is 7. The van der Waals surface area contributed by atoms with Gasteiger partial charge in [0.1, 0.15) is 30.5 Å². The van der Waals surface area contributed by atoms with Crippen molar-refractivity contribution in [3.63, 3.8) is 0 Å². The van der Waals surface area contributed by atoms with Crippen molar-refractivity contribution >= 4 is 17.8 Å². The van der Waals surface area contributed by atoms with Gasteiger partial charge in [-0.15, -0.1) is 0 Å². The second-order valence-corrected chi connectivity index (χ2v) is 7.44. The third-order valence-electron chi connectivity index (χ3n) is 5.53. The van der Waals surface area contributed by atoms with Gasteiger partial charge in [-0.1, -0.05) is 6.07 Å². The van der Waals surface area contributed by atoms with E-state index in [1.54, 1.807) is 36.6 Å². The third kappa shape index (κ3) is 2.89. The highest BCUT2D eigenvalue weighted by molar-refractivity contribution is 6.15. The molecule has 4 heterocycles. The first-order valence-electron chi connectivity index (χ1n) is 9.92. The van der Waals surface area contributed by atoms with Gasteiger partial charge in [-0.25, -0.2) is 0 Å². The van der Waals surface area contributed by atoms with Crippen LogP contribution < -0.4 is 18.9 Å². The average molecular weight is 416 g/mol. The van der Waals surface area contributed by atoms with Crippen LogP contribution in [0.1, 0.15) is 39.6 Å². The summed E-state index contributed by atoms with van der Waals surface area (Å²) in [6.45, 7) is 0.990. The zero-order valence-corrected chi connectivity index (χ0v) is 16.3. The van der Waals surface area contributed by atoms with E-state index in [0.717, 1.165) is 5.56 Å². The summed E-state index contributed by atoms with van der Waals surface area (Å²) in [7, 11) is 0. The topological polar surface area (TPSA) is 84.2 Å². The molecule has 3 aromatic rings. The number of hydrogen-bond donors (Lipinski definition) is 0. The molecule has 0 aliphatic carbocycles. The maximum absolute atomic E-state index is 13.1. The zero-order valence-electron chi connectivity index (χ0n) is 16.3. The Balaban J connectivity index is 1.41. The summed E-state index contributed by atoms with van der Waals surface area (Å²) in [5.74, 6) is 1.92. The Bertz CT molecular complexity index is 1250. The summed E-state index contributed by atoms with van der Waals surface area (Å²) >= 11 is 0. The van der Waals surface area contributed by atoms with Crippen molar-refractivity contribution in [3.05, 3.63) is 76.9 Å². The van der Waals surface area contributed by atoms with E-state index >= 15 is 0 Å². The molecule has 0 N–H and O–H groups in total. The number of carbonyl (C=O) groups excluding carboxylic acids is 2. The lowest BCUT2D eigenvalue weighted by Crippen LogP contribution is -2.21. The normalized spacial score (nSPS) is 20.1. The number of esters is 1. The Kier molecular flexibility index (Phi) is 3.89. The predicted molar refractivity (Wildman–Crippen MR) is 108 cm³/mol. The summed E-state index contributed by atoms with van der Waals surface area (Å²) in [5.41, 5.74) is 1.83. The van der Waals surface area contributed by atoms with Gasteiger partial charge in [0.2, 0.25) is 5.78 Å². The molecular weight excluding hydrogens is 400 g/mol. The summed E-state index contributed by atoms with van der Waals surface area (Å²) in [5, 5.41) is 0. The number of benzene rings is 2. The van der Waals surface area contributed by atoms with Gasteiger partial charge in [-0.3, -0.25) is 9.59 Å². The molecule has 0 fully saturated rings. The maximum atomic E-state index is 13.1. The second kappa shape index (κ2) is 6.77. The maximum Gasteiger partial charge on any atom is 0.312 e. The quantitative estimate of drug-likeness (QED) is 0.353. The molecule has 7 nitrogen and oxygen atoms in total. The van der Waals surface area contributed by atoms with Crippen LogP contribution in [0.2, 0.25) is 0 Å². The SMILES string of the molecule is O=C1CC(c2ccco2)c2c(ccc3c2O/C(=C\c2ccc4c(c2)OCCO4)C3=O)O1. The van der Waals surface area contributed by atoms with E-state index in [-0.39, 0.29) is 29.9 Å². The third-order valence-corrected chi connectivity index (χ3v) is 5.53. The molecule has 0 amide bonds. The molecule has 1 atom stereocenters. The minimum Gasteiger partial charge on any atom is -0.486 e. The first-order valence-corrected chi connectivity index (χ1v) is 9.92. The Labute approximate surface area is 176 Å². The van der Waals surface area contributed by atoms with Gasteiger partial charge >= 0.3 is 5.97 Å². The van der Waals surface area contributed by atoms with Gasteiger partial charge < -0.3 is 23.4 Å². The Morgan fingerprint density at radius 1 is 0.903 bits per heavy atom. The van der Waals surface area contributed by atoms with Crippen molar-refractivity contribution in [1.82, 2.24) is 0 Å². The fraction of sp³-hybridized carbons (Fsp3) is 0.167. The van der Waals surface area contributed by atoms with E-state index in [1.807, 2.05) is 18.2 Å². The fourth-order valence-corrected chi connectivity index (χ4v) is 4.14. The van der Waals surface area contributed by atoms with Crippen molar-refractivity contribution in [2.45, 2.75) is 12.3 Å². The standard InChI is InChI=1S/C24H16O7/c25-21-12-15(16-2-1-7-27-16)22-18(30-21)6-4-14-23(26)20(31-24(14)22)11-13-3-5-17-19(10-13)29-9-8-28-17/h1-7,10-11,15H,8-9,12H2/b20-11-. The zero-order chi connectivity index (χ0) is 20.9. The van der Waals surface area contributed by atoms with Gasteiger partial charge in [0, 0.05) is 5.56 Å². The van der Waals surface area contributed by atoms with E-state index in [9.17, 15) is 9.59 Å². The van der Waals surface area contributed by atoms with Crippen LogP contribution in [0.3, 0.4) is 0 Å². The fourth-order valence-electron chi connectivity index (χ4n) is 4.14. The highest BCUT2D eigenvalue weighted by Crippen LogP contribution is 2.49. The number of ketones is 1. The number of fused-ring (bicyclic) bond motifs is 4. The van der Waals surface area contributed by atoms with Crippen LogP contribution in [0.5, 0.6) is 23.0 Å². The number of allylic oxidation sites excluding steroid dienone is 1. The average Bonchev–Trinajstić information content (AvgIpc) is 3.42. The van der Waals surface area contributed by atoms with Gasteiger partial charge in [0.15, 0.2) is 17.3 Å². The van der Waals surface area contributed by atoms with Crippen LogP contribution in [0.15, 0.2) is 58.9 Å². The summed E-state index contributed by atoms with van der Waals surface area (Å²) < 4.78 is 28.2. The molecule has 2 aromatic carbocycles. The highest BCUT2D eigenvalue weighted by Gasteiger charge is 2.39. The number of furan rings is 1. The smallest absolute Gasteiger partial charge is 0.312 e. The molecule has 1 aromatic heterocycles. The van der Waals surface area contributed by atoms with Crippen LogP contribution in [-0.2, 0) is 4.79 Å². The molecule has 31 heavy (non-hydrogen) atoms. The molecule has 0 radical (unpaired) electrons. The molecular formula is C24H16O7. The van der Waals surface area contributed by atoms with Crippen LogP contribution in [0, 0.1) is 0 Å². The number of rotatable bonds is 2. The van der Waals surface area contributed by atoms with Crippen LogP contribution >= 0.6 is 0 Å². The molecule has 0 saturated heterocycles. The van der Waals surface area contributed by atoms with Crippen molar-refractivity contribution in [2.75, 3.05) is 13.2 Å². The molecule has 6 rings (SSSR count). The lowest BCUT2D eigenvalue weighted by atomic mass is 9.88. The molecule has 1 unspecified atom stereocenters. The summed E-state index contributed by atoms with van der Waals surface area (Å²) in [6, 6.07) is 12.3. The minimum absolute atomic E-state index is 0.107. The predicted octanol–water partition coefficient (Wildman–Crippen LogP) is 4.11. The highest BCUT2D eigenvalue weighted by atomic mass is 16.6. The number of Topliss-reactive ketones (excluding diaryl/α,β-unsaturated/α-hetero) is 1. The Hall–Kier alpha value is -4.00. The molecule has 0 saturated carbocycles. The van der Waals surface area contributed by atoms with Crippen LogP contribution in [0.4, 0.5) is 0 Å². The van der Waals surface area contributed by atoms with Gasteiger partial charge in [-0.2, -0.15) is 0 Å². The largest absolute Gasteiger partial charge is 0.486 e. The van der Waals surface area contributed by atoms with E-state index in [1.165, 1.54) is 0 Å². The van der Waals surface area contributed by atoms with Crippen molar-refractivity contribution in [3.8, 4) is 23.0 Å². The van der Waals surface area contributed by atoms with E-state index in [0.29, 0.717) is 53.1 Å². The lowest BCUT2D eigenvalue weighted by Gasteiger charge is -2.24. The number of ether oxygens (including phenoxy) is 4. The van der Waals surface area contributed by atoms with Gasteiger partial charge in [-0.05, 0) is 48.0 Å².